The van der Waals surface area contributed by atoms with E-state index in [1.54, 1.807) is 0 Å². The molecule has 0 aliphatic heterocycles. The molecular weight excluding hydrogens is 244 g/mol. The van der Waals surface area contributed by atoms with Gasteiger partial charge in [-0.1, -0.05) is 36.4 Å². The lowest BCUT2D eigenvalue weighted by Crippen LogP contribution is -2.07. The van der Waals surface area contributed by atoms with Gasteiger partial charge in [-0.3, -0.25) is 0 Å². The summed E-state index contributed by atoms with van der Waals surface area (Å²) in [5.74, 6) is 0. The van der Waals surface area contributed by atoms with E-state index >= 15 is 0 Å². The van der Waals surface area contributed by atoms with E-state index in [0.717, 1.165) is 0 Å². The van der Waals surface area contributed by atoms with Crippen LogP contribution in [0.25, 0.3) is 11.1 Å². The molecule has 2 nitrogen and oxygen atoms in total. The smallest absolute Gasteiger partial charge is 0.0361 e. The van der Waals surface area contributed by atoms with Crippen molar-refractivity contribution in [2.24, 2.45) is 5.73 Å². The van der Waals surface area contributed by atoms with Gasteiger partial charge in [0, 0.05) is 26.3 Å². The van der Waals surface area contributed by atoms with E-state index in [4.69, 9.17) is 5.73 Å². The molecule has 0 bridgehead atoms. The maximum Gasteiger partial charge on any atom is 0.0361 e. The van der Waals surface area contributed by atoms with Crippen molar-refractivity contribution in [3.63, 3.8) is 0 Å². The molecule has 0 heterocycles. The van der Waals surface area contributed by atoms with Crippen LogP contribution in [0.3, 0.4) is 0 Å². The second-order valence-electron chi connectivity index (χ2n) is 4.34. The maximum absolute atomic E-state index is 5.59. The lowest BCUT2D eigenvalue weighted by Gasteiger charge is -2.12. The third-order valence-corrected chi connectivity index (χ3v) is 2.91. The predicted octanol–water partition coefficient (Wildman–Crippen LogP) is 3.30. The zero-order valence-electron chi connectivity index (χ0n) is 10.8. The molecule has 0 radical (unpaired) electrons. The Balaban J connectivity index is 0.00000162. The topological polar surface area (TPSA) is 29.3 Å². The van der Waals surface area contributed by atoms with Crippen molar-refractivity contribution in [2.45, 2.75) is 6.54 Å². The summed E-state index contributed by atoms with van der Waals surface area (Å²) in [6.07, 6.45) is 0. The molecule has 96 valence electrons. The lowest BCUT2D eigenvalue weighted by atomic mass is 10.0. The average molecular weight is 263 g/mol. The molecule has 0 aliphatic carbocycles. The molecule has 0 saturated carbocycles. The molecule has 0 atom stereocenters. The SMILES string of the molecule is CN(C)c1ccc(-c2ccc(CN)cc2)cc1.Cl. The molecule has 0 aromatic heterocycles. The highest BCUT2D eigenvalue weighted by Gasteiger charge is 1.99. The quantitative estimate of drug-likeness (QED) is 0.920. The molecule has 0 saturated heterocycles. The summed E-state index contributed by atoms with van der Waals surface area (Å²) in [5.41, 5.74) is 10.4. The van der Waals surface area contributed by atoms with Crippen molar-refractivity contribution in [3.05, 3.63) is 54.1 Å². The minimum Gasteiger partial charge on any atom is -0.378 e. The third kappa shape index (κ3) is 3.25. The Kier molecular flexibility index (Phi) is 5.20. The molecule has 0 fully saturated rings. The Labute approximate surface area is 115 Å². The molecule has 2 rings (SSSR count). The lowest BCUT2D eigenvalue weighted by molar-refractivity contribution is 1.07. The van der Waals surface area contributed by atoms with Crippen molar-refractivity contribution in [1.29, 1.82) is 0 Å². The zero-order valence-corrected chi connectivity index (χ0v) is 11.6. The number of halogens is 1. The highest BCUT2D eigenvalue weighted by molar-refractivity contribution is 5.85. The molecular formula is C15H19ClN2. The number of hydrogen-bond donors (Lipinski definition) is 1. The van der Waals surface area contributed by atoms with E-state index in [2.05, 4.69) is 53.4 Å². The minimum absolute atomic E-state index is 0. The van der Waals surface area contributed by atoms with Crippen molar-refractivity contribution < 1.29 is 0 Å². The molecule has 0 spiro atoms. The Hall–Kier alpha value is -1.51. The van der Waals surface area contributed by atoms with Gasteiger partial charge in [-0.25, -0.2) is 0 Å². The highest BCUT2D eigenvalue weighted by atomic mass is 35.5. The Morgan fingerprint density at radius 3 is 1.67 bits per heavy atom. The average Bonchev–Trinajstić information content (AvgIpc) is 2.39. The fourth-order valence-corrected chi connectivity index (χ4v) is 1.79. The van der Waals surface area contributed by atoms with Gasteiger partial charge in [0.15, 0.2) is 0 Å². The van der Waals surface area contributed by atoms with Gasteiger partial charge in [0.05, 0.1) is 0 Å². The van der Waals surface area contributed by atoms with Crippen LogP contribution in [0, 0.1) is 0 Å². The van der Waals surface area contributed by atoms with Gasteiger partial charge in [-0.05, 0) is 28.8 Å². The molecule has 2 N–H and O–H groups in total. The highest BCUT2D eigenvalue weighted by Crippen LogP contribution is 2.22. The van der Waals surface area contributed by atoms with Gasteiger partial charge in [0.25, 0.3) is 0 Å². The van der Waals surface area contributed by atoms with Crippen LogP contribution in [0.5, 0.6) is 0 Å². The van der Waals surface area contributed by atoms with Crippen molar-refractivity contribution in [3.8, 4) is 11.1 Å². The summed E-state index contributed by atoms with van der Waals surface area (Å²) < 4.78 is 0. The van der Waals surface area contributed by atoms with Crippen LogP contribution in [0.2, 0.25) is 0 Å². The van der Waals surface area contributed by atoms with E-state index in [1.165, 1.54) is 22.4 Å². The molecule has 3 heteroatoms. The van der Waals surface area contributed by atoms with Crippen LogP contribution in [-0.2, 0) is 6.54 Å². The Bertz CT molecular complexity index is 475. The van der Waals surface area contributed by atoms with Crippen LogP contribution in [0.15, 0.2) is 48.5 Å². The van der Waals surface area contributed by atoms with Crippen LogP contribution in [0.1, 0.15) is 5.56 Å². The number of nitrogens with zero attached hydrogens (tertiary/aromatic N) is 1. The maximum atomic E-state index is 5.59. The van der Waals surface area contributed by atoms with Gasteiger partial charge in [-0.2, -0.15) is 0 Å². The van der Waals surface area contributed by atoms with E-state index in [1.807, 2.05) is 14.1 Å². The first-order valence-corrected chi connectivity index (χ1v) is 5.77. The molecule has 2 aromatic carbocycles. The van der Waals surface area contributed by atoms with Gasteiger partial charge in [0.1, 0.15) is 0 Å². The molecule has 0 unspecified atom stereocenters. The van der Waals surface area contributed by atoms with Crippen LogP contribution < -0.4 is 10.6 Å². The van der Waals surface area contributed by atoms with Crippen LogP contribution >= 0.6 is 12.4 Å². The summed E-state index contributed by atoms with van der Waals surface area (Å²) >= 11 is 0. The number of benzene rings is 2. The monoisotopic (exact) mass is 262 g/mol. The van der Waals surface area contributed by atoms with Crippen LogP contribution in [0.4, 0.5) is 5.69 Å². The first kappa shape index (κ1) is 14.6. The zero-order chi connectivity index (χ0) is 12.3. The van der Waals surface area contributed by atoms with Gasteiger partial charge in [-0.15, -0.1) is 12.4 Å². The Morgan fingerprint density at radius 1 is 0.833 bits per heavy atom. The van der Waals surface area contributed by atoms with E-state index in [9.17, 15) is 0 Å². The van der Waals surface area contributed by atoms with Gasteiger partial charge < -0.3 is 10.6 Å². The number of rotatable bonds is 3. The summed E-state index contributed by atoms with van der Waals surface area (Å²) in [4.78, 5) is 2.10. The minimum atomic E-state index is 0. The third-order valence-electron chi connectivity index (χ3n) is 2.91. The first-order valence-electron chi connectivity index (χ1n) is 5.77. The van der Waals surface area contributed by atoms with E-state index in [0.29, 0.717) is 6.54 Å². The largest absolute Gasteiger partial charge is 0.378 e. The van der Waals surface area contributed by atoms with Gasteiger partial charge in [0.2, 0.25) is 0 Å². The normalized spacial score (nSPS) is 9.72. The van der Waals surface area contributed by atoms with Gasteiger partial charge >= 0.3 is 0 Å². The summed E-state index contributed by atoms with van der Waals surface area (Å²) in [5, 5.41) is 0. The standard InChI is InChI=1S/C15H18N2.ClH/c1-17(2)15-9-7-14(8-10-15)13-5-3-12(11-16)4-6-13;/h3-10H,11,16H2,1-2H3;1H. The number of anilines is 1. The van der Waals surface area contributed by atoms with Crippen molar-refractivity contribution in [1.82, 2.24) is 0 Å². The predicted molar refractivity (Wildman–Crippen MR) is 81.3 cm³/mol. The Morgan fingerprint density at radius 2 is 1.28 bits per heavy atom. The van der Waals surface area contributed by atoms with Crippen LogP contribution in [-0.4, -0.2) is 14.1 Å². The number of hydrogen-bond acceptors (Lipinski definition) is 2. The summed E-state index contributed by atoms with van der Waals surface area (Å²) in [6.45, 7) is 0.597. The fraction of sp³-hybridized carbons (Fsp3) is 0.200. The summed E-state index contributed by atoms with van der Waals surface area (Å²) in [7, 11) is 4.09. The number of nitrogens with two attached hydrogens (primary N) is 1. The molecule has 2 aromatic rings. The fourth-order valence-electron chi connectivity index (χ4n) is 1.79. The molecule has 18 heavy (non-hydrogen) atoms. The van der Waals surface area contributed by atoms with E-state index < -0.39 is 0 Å². The second kappa shape index (κ2) is 6.43. The summed E-state index contributed by atoms with van der Waals surface area (Å²) in [6, 6.07) is 16.9. The van der Waals surface area contributed by atoms with Crippen molar-refractivity contribution >= 4 is 18.1 Å². The molecule has 0 aliphatic rings. The van der Waals surface area contributed by atoms with E-state index in [-0.39, 0.29) is 12.4 Å². The first-order chi connectivity index (χ1) is 8.20. The second-order valence-corrected chi connectivity index (χ2v) is 4.34. The molecule has 0 amide bonds. The van der Waals surface area contributed by atoms with Crippen molar-refractivity contribution in [2.75, 3.05) is 19.0 Å².